The van der Waals surface area contributed by atoms with Crippen molar-refractivity contribution >= 4 is 17.6 Å². The molecule has 1 amide bonds. The number of hydrogen-bond donors (Lipinski definition) is 2. The molecule has 5 nitrogen and oxygen atoms in total. The Bertz CT molecular complexity index is 953. The molecular formula is C22H19NO4. The van der Waals surface area contributed by atoms with E-state index in [1.807, 2.05) is 48.5 Å². The molecule has 0 spiro atoms. The van der Waals surface area contributed by atoms with Gasteiger partial charge in [-0.1, -0.05) is 60.7 Å². The van der Waals surface area contributed by atoms with Crippen LogP contribution in [0, 0.1) is 0 Å². The number of amides is 1. The van der Waals surface area contributed by atoms with Crippen LogP contribution in [-0.2, 0) is 9.53 Å². The normalized spacial score (nSPS) is 11.4. The molecule has 0 aliphatic carbocycles. The van der Waals surface area contributed by atoms with Crippen molar-refractivity contribution in [2.75, 3.05) is 5.32 Å². The Morgan fingerprint density at radius 1 is 0.889 bits per heavy atom. The summed E-state index contributed by atoms with van der Waals surface area (Å²) in [6.07, 6.45) is -1.03. The number of anilines is 1. The highest BCUT2D eigenvalue weighted by Crippen LogP contribution is 2.27. The van der Waals surface area contributed by atoms with Gasteiger partial charge >= 0.3 is 5.97 Å². The standard InChI is InChI=1S/C22H19NO4/c1-15(27-22(26)18-12-6-8-14-20(18)24)21(25)23-19-13-7-5-11-17(19)16-9-3-2-4-10-16/h2-15,24H,1H3,(H,23,25)/t15-/m0/s1. The summed E-state index contributed by atoms with van der Waals surface area (Å²) in [6, 6.07) is 23.1. The number of nitrogens with one attached hydrogen (secondary N) is 1. The number of para-hydroxylation sites is 2. The Balaban J connectivity index is 1.73. The molecular weight excluding hydrogens is 342 g/mol. The van der Waals surface area contributed by atoms with Gasteiger partial charge in [0.1, 0.15) is 11.3 Å². The van der Waals surface area contributed by atoms with Gasteiger partial charge in [-0.3, -0.25) is 4.79 Å². The van der Waals surface area contributed by atoms with Gasteiger partial charge in [0.15, 0.2) is 6.10 Å². The van der Waals surface area contributed by atoms with Crippen LogP contribution in [0.4, 0.5) is 5.69 Å². The number of carbonyl (C=O) groups is 2. The molecule has 0 bridgehead atoms. The van der Waals surface area contributed by atoms with Crippen LogP contribution in [0.1, 0.15) is 17.3 Å². The maximum absolute atomic E-state index is 12.5. The highest BCUT2D eigenvalue weighted by molar-refractivity contribution is 6.00. The second-order valence-electron chi connectivity index (χ2n) is 5.97. The van der Waals surface area contributed by atoms with Crippen LogP contribution in [0.25, 0.3) is 11.1 Å². The van der Waals surface area contributed by atoms with Crippen LogP contribution in [-0.4, -0.2) is 23.1 Å². The molecule has 5 heteroatoms. The van der Waals surface area contributed by atoms with Crippen LogP contribution in [0.3, 0.4) is 0 Å². The lowest BCUT2D eigenvalue weighted by Crippen LogP contribution is -2.30. The molecule has 0 saturated carbocycles. The third-order valence-electron chi connectivity index (χ3n) is 4.05. The van der Waals surface area contributed by atoms with Crippen LogP contribution < -0.4 is 5.32 Å². The van der Waals surface area contributed by atoms with Crippen molar-refractivity contribution in [3.05, 3.63) is 84.4 Å². The fourth-order valence-corrected chi connectivity index (χ4v) is 2.62. The van der Waals surface area contributed by atoms with Crippen LogP contribution in [0.15, 0.2) is 78.9 Å². The fourth-order valence-electron chi connectivity index (χ4n) is 2.62. The number of phenolic OH excluding ortho intramolecular Hbond substituents is 1. The number of rotatable bonds is 5. The molecule has 0 fully saturated rings. The largest absolute Gasteiger partial charge is 0.507 e. The Morgan fingerprint density at radius 3 is 2.26 bits per heavy atom. The van der Waals surface area contributed by atoms with Gasteiger partial charge in [0.2, 0.25) is 0 Å². The Labute approximate surface area is 157 Å². The van der Waals surface area contributed by atoms with E-state index in [1.165, 1.54) is 19.1 Å². The van der Waals surface area contributed by atoms with Crippen molar-refractivity contribution < 1.29 is 19.4 Å². The average Bonchev–Trinajstić information content (AvgIpc) is 2.69. The monoisotopic (exact) mass is 361 g/mol. The number of aromatic hydroxyl groups is 1. The maximum Gasteiger partial charge on any atom is 0.342 e. The third kappa shape index (κ3) is 4.33. The summed E-state index contributed by atoms with van der Waals surface area (Å²) in [6.45, 7) is 1.48. The van der Waals surface area contributed by atoms with Gasteiger partial charge in [0, 0.05) is 11.3 Å². The molecule has 3 rings (SSSR count). The highest BCUT2D eigenvalue weighted by atomic mass is 16.5. The zero-order chi connectivity index (χ0) is 19.2. The molecule has 0 unspecified atom stereocenters. The topological polar surface area (TPSA) is 75.6 Å². The van der Waals surface area contributed by atoms with Gasteiger partial charge in [-0.05, 0) is 30.7 Å². The van der Waals surface area contributed by atoms with Gasteiger partial charge in [-0.2, -0.15) is 0 Å². The van der Waals surface area contributed by atoms with E-state index in [-0.39, 0.29) is 11.3 Å². The zero-order valence-corrected chi connectivity index (χ0v) is 14.8. The first-order valence-electron chi connectivity index (χ1n) is 8.50. The second-order valence-corrected chi connectivity index (χ2v) is 5.97. The quantitative estimate of drug-likeness (QED) is 0.667. The van der Waals surface area contributed by atoms with Crippen LogP contribution >= 0.6 is 0 Å². The Morgan fingerprint density at radius 2 is 1.52 bits per heavy atom. The molecule has 0 saturated heterocycles. The molecule has 27 heavy (non-hydrogen) atoms. The molecule has 3 aromatic rings. The minimum absolute atomic E-state index is 0.0156. The van der Waals surface area contributed by atoms with Crippen molar-refractivity contribution in [3.63, 3.8) is 0 Å². The number of phenols is 1. The lowest BCUT2D eigenvalue weighted by atomic mass is 10.0. The molecule has 3 aromatic carbocycles. The van der Waals surface area contributed by atoms with E-state index in [0.717, 1.165) is 11.1 Å². The molecule has 0 heterocycles. The number of carbonyl (C=O) groups excluding carboxylic acids is 2. The highest BCUT2D eigenvalue weighted by Gasteiger charge is 2.21. The van der Waals surface area contributed by atoms with Crippen LogP contribution in [0.5, 0.6) is 5.75 Å². The summed E-state index contributed by atoms with van der Waals surface area (Å²) in [5.41, 5.74) is 2.47. The van der Waals surface area contributed by atoms with E-state index >= 15 is 0 Å². The minimum atomic E-state index is -1.03. The van der Waals surface area contributed by atoms with Gasteiger partial charge in [-0.25, -0.2) is 4.79 Å². The second kappa shape index (κ2) is 8.19. The lowest BCUT2D eigenvalue weighted by molar-refractivity contribution is -0.123. The lowest BCUT2D eigenvalue weighted by Gasteiger charge is -2.16. The van der Waals surface area contributed by atoms with Crippen LogP contribution in [0.2, 0.25) is 0 Å². The van der Waals surface area contributed by atoms with Crippen molar-refractivity contribution in [3.8, 4) is 16.9 Å². The predicted molar refractivity (Wildman–Crippen MR) is 103 cm³/mol. The Hall–Kier alpha value is -3.60. The van der Waals surface area contributed by atoms with Crippen molar-refractivity contribution in [1.82, 2.24) is 0 Å². The molecule has 0 aliphatic rings. The smallest absolute Gasteiger partial charge is 0.342 e. The summed E-state index contributed by atoms with van der Waals surface area (Å²) in [7, 11) is 0. The number of ether oxygens (including phenoxy) is 1. The summed E-state index contributed by atoms with van der Waals surface area (Å²) >= 11 is 0. The molecule has 2 N–H and O–H groups in total. The van der Waals surface area contributed by atoms with Gasteiger partial charge in [-0.15, -0.1) is 0 Å². The number of hydrogen-bond acceptors (Lipinski definition) is 4. The first kappa shape index (κ1) is 18.2. The molecule has 136 valence electrons. The van der Waals surface area contributed by atoms with Crippen molar-refractivity contribution in [2.24, 2.45) is 0 Å². The van der Waals surface area contributed by atoms with E-state index in [4.69, 9.17) is 4.74 Å². The zero-order valence-electron chi connectivity index (χ0n) is 14.8. The predicted octanol–water partition coefficient (Wildman–Crippen LogP) is 4.24. The molecule has 0 aromatic heterocycles. The average molecular weight is 361 g/mol. The molecule has 0 radical (unpaired) electrons. The van der Waals surface area contributed by atoms with E-state index in [9.17, 15) is 14.7 Å². The van der Waals surface area contributed by atoms with E-state index in [2.05, 4.69) is 5.32 Å². The third-order valence-corrected chi connectivity index (χ3v) is 4.05. The van der Waals surface area contributed by atoms with Crippen molar-refractivity contribution in [1.29, 1.82) is 0 Å². The number of benzene rings is 3. The fraction of sp³-hybridized carbons (Fsp3) is 0.0909. The summed E-state index contributed by atoms with van der Waals surface area (Å²) < 4.78 is 5.19. The molecule has 1 atom stereocenters. The van der Waals surface area contributed by atoms with E-state index in [0.29, 0.717) is 5.69 Å². The Kier molecular flexibility index (Phi) is 5.52. The van der Waals surface area contributed by atoms with Crippen molar-refractivity contribution in [2.45, 2.75) is 13.0 Å². The SMILES string of the molecule is C[C@H](OC(=O)c1ccccc1O)C(=O)Nc1ccccc1-c1ccccc1. The van der Waals surface area contributed by atoms with E-state index < -0.39 is 18.0 Å². The van der Waals surface area contributed by atoms with Gasteiger partial charge < -0.3 is 15.2 Å². The first-order chi connectivity index (χ1) is 13.1. The first-order valence-corrected chi connectivity index (χ1v) is 8.50. The summed E-state index contributed by atoms with van der Waals surface area (Å²) in [5.74, 6) is -1.40. The minimum Gasteiger partial charge on any atom is -0.507 e. The summed E-state index contributed by atoms with van der Waals surface area (Å²) in [5, 5.41) is 12.5. The summed E-state index contributed by atoms with van der Waals surface area (Å²) in [4.78, 5) is 24.7. The van der Waals surface area contributed by atoms with Gasteiger partial charge in [0.05, 0.1) is 0 Å². The molecule has 0 aliphatic heterocycles. The van der Waals surface area contributed by atoms with Gasteiger partial charge in [0.25, 0.3) is 5.91 Å². The maximum atomic E-state index is 12.5. The number of esters is 1. The van der Waals surface area contributed by atoms with E-state index in [1.54, 1.807) is 18.2 Å².